The van der Waals surface area contributed by atoms with E-state index in [1.54, 1.807) is 0 Å². The van der Waals surface area contributed by atoms with Crippen LogP contribution in [-0.4, -0.2) is 68.2 Å². The number of primary amides is 1. The molecule has 0 saturated heterocycles. The zero-order valence-corrected chi connectivity index (χ0v) is 14.7. The Hall–Kier alpha value is -0.930. The lowest BCUT2D eigenvalue weighted by molar-refractivity contribution is 0.125. The molecule has 0 fully saturated rings. The van der Waals surface area contributed by atoms with Crippen molar-refractivity contribution >= 4 is 35.1 Å². The number of carboxylic acid groups (broad SMARTS) is 1. The number of hydrogen-bond donors (Lipinski definition) is 12. The maximum absolute atomic E-state index is 10.6. The van der Waals surface area contributed by atoms with E-state index in [-0.39, 0.29) is 0 Å². The van der Waals surface area contributed by atoms with Crippen molar-refractivity contribution in [3.63, 3.8) is 0 Å². The van der Waals surface area contributed by atoms with Crippen molar-refractivity contribution < 1.29 is 67.8 Å². The zero-order valence-electron chi connectivity index (χ0n) is 12.0. The predicted octanol–water partition coefficient (Wildman–Crippen LogP) is -3.26. The van der Waals surface area contributed by atoms with Crippen LogP contribution in [0.5, 0.6) is 0 Å². The number of carbonyl (C=O) groups is 2. The van der Waals surface area contributed by atoms with Crippen molar-refractivity contribution in [2.75, 3.05) is 6.54 Å². The fraction of sp³-hybridized carbons (Fsp3) is 0.600. The molecule has 0 radical (unpaired) electrons. The minimum atomic E-state index is -5.31. The first-order valence-electron chi connectivity index (χ1n) is 5.30. The van der Waals surface area contributed by atoms with Crippen molar-refractivity contribution in [1.82, 2.24) is 5.32 Å². The zero-order chi connectivity index (χ0) is 21.3. The van der Waals surface area contributed by atoms with E-state index in [2.05, 4.69) is 5.73 Å². The Balaban J connectivity index is -0.000000337. The third-order valence-electron chi connectivity index (χ3n) is 1.64. The lowest BCUT2D eigenvalue weighted by Gasteiger charge is -2.28. The Morgan fingerprint density at radius 3 is 1.24 bits per heavy atom. The molecule has 0 aliphatic heterocycles. The van der Waals surface area contributed by atoms with Crippen LogP contribution in [0.25, 0.3) is 0 Å². The molecule has 0 heterocycles. The van der Waals surface area contributed by atoms with Crippen LogP contribution in [0.15, 0.2) is 0 Å². The van der Waals surface area contributed by atoms with E-state index < -0.39 is 53.2 Å². The Morgan fingerprint density at radius 2 is 1.20 bits per heavy atom. The third-order valence-corrected chi connectivity index (χ3v) is 5.52. The smallest absolute Gasteiger partial charge is 0.465 e. The highest BCUT2D eigenvalue weighted by Crippen LogP contribution is 2.68. The number of nitrogens with two attached hydrogens (primary N) is 2. The molecule has 0 atom stereocenters. The number of aliphatic hydroxyl groups is 1. The van der Waals surface area contributed by atoms with Crippen molar-refractivity contribution in [1.29, 1.82) is 0 Å². The van der Waals surface area contributed by atoms with Gasteiger partial charge in [0.05, 0.1) is 0 Å². The number of imide groups is 1. The normalized spacial score (nSPS) is 12.0. The van der Waals surface area contributed by atoms with Crippen molar-refractivity contribution in [2.24, 2.45) is 11.5 Å². The average Bonchev–Trinajstić information content (AvgIpc) is 2.22. The van der Waals surface area contributed by atoms with Crippen LogP contribution >= 0.6 is 23.0 Å². The van der Waals surface area contributed by atoms with Crippen LogP contribution in [-0.2, 0) is 13.7 Å². The van der Waals surface area contributed by atoms with E-state index in [1.807, 2.05) is 0 Å². The van der Waals surface area contributed by atoms with Crippen LogP contribution < -0.4 is 16.8 Å². The van der Waals surface area contributed by atoms with Gasteiger partial charge in [-0.15, -0.1) is 0 Å². The van der Waals surface area contributed by atoms with Gasteiger partial charge in [0.1, 0.15) is 0 Å². The number of carbonyl (C=O) groups excluding carboxylic acids is 1. The molecule has 0 aromatic carbocycles. The highest BCUT2D eigenvalue weighted by molar-refractivity contribution is 7.72. The number of amides is 3. The number of rotatable bonds is 4. The van der Waals surface area contributed by atoms with Gasteiger partial charge < -0.3 is 55.9 Å². The van der Waals surface area contributed by atoms with Crippen LogP contribution in [0, 0.1) is 0 Å². The molecule has 20 heteroatoms. The molecule has 0 saturated carbocycles. The highest BCUT2D eigenvalue weighted by atomic mass is 31.2. The number of hydrogen-bond acceptors (Lipinski definition) is 7. The first-order chi connectivity index (χ1) is 10.7. The summed E-state index contributed by atoms with van der Waals surface area (Å²) in [6, 6.07) is -1.06. The Labute approximate surface area is 138 Å². The van der Waals surface area contributed by atoms with Crippen molar-refractivity contribution in [3.05, 3.63) is 0 Å². The van der Waals surface area contributed by atoms with Crippen LogP contribution in [0.3, 0.4) is 0 Å². The summed E-state index contributed by atoms with van der Waals surface area (Å²) >= 11 is 0. The summed E-state index contributed by atoms with van der Waals surface area (Å²) in [4.78, 5) is 74.6. The second kappa shape index (κ2) is 10.9. The van der Waals surface area contributed by atoms with Crippen LogP contribution in [0.1, 0.15) is 6.42 Å². The van der Waals surface area contributed by atoms with E-state index in [4.69, 9.17) is 54.8 Å². The van der Waals surface area contributed by atoms with Crippen LogP contribution in [0.2, 0.25) is 0 Å². The third kappa shape index (κ3) is 16.3. The van der Waals surface area contributed by atoms with Gasteiger partial charge in [0.25, 0.3) is 5.08 Å². The Morgan fingerprint density at radius 1 is 0.920 bits per heavy atom. The van der Waals surface area contributed by atoms with Gasteiger partial charge in [0, 0.05) is 6.42 Å². The molecule has 0 unspecified atom stereocenters. The molecule has 0 aromatic rings. The quantitative estimate of drug-likeness (QED) is 0.192. The van der Waals surface area contributed by atoms with E-state index in [0.717, 1.165) is 0 Å². The summed E-state index contributed by atoms with van der Waals surface area (Å²) in [7, 11) is -15.3. The molecule has 14 N–H and O–H groups in total. The molecular formula is C5H18N3O14P3. The summed E-state index contributed by atoms with van der Waals surface area (Å²) in [5.74, 6) is 0. The topological polar surface area (TPSA) is 331 Å². The fourth-order valence-corrected chi connectivity index (χ4v) is 2.96. The predicted molar refractivity (Wildman–Crippen MR) is 77.7 cm³/mol. The van der Waals surface area contributed by atoms with Gasteiger partial charge >= 0.3 is 35.1 Å². The highest BCUT2D eigenvalue weighted by Gasteiger charge is 2.58. The molecular weight excluding hydrogens is 419 g/mol. The van der Waals surface area contributed by atoms with Crippen molar-refractivity contribution in [3.8, 4) is 0 Å². The van der Waals surface area contributed by atoms with E-state index in [9.17, 15) is 18.7 Å². The largest absolute Gasteiger partial charge is 0.466 e. The van der Waals surface area contributed by atoms with E-state index in [1.165, 1.54) is 5.32 Å². The molecule has 25 heavy (non-hydrogen) atoms. The minimum Gasteiger partial charge on any atom is -0.465 e. The summed E-state index contributed by atoms with van der Waals surface area (Å²) in [6.07, 6.45) is -2.31. The van der Waals surface area contributed by atoms with Gasteiger partial charge in [-0.2, -0.15) is 0 Å². The van der Waals surface area contributed by atoms with Gasteiger partial charge in [-0.25, -0.2) is 19.5 Å². The summed E-state index contributed by atoms with van der Waals surface area (Å²) in [6.45, 7) is -0.452. The average molecular weight is 437 g/mol. The van der Waals surface area contributed by atoms with Gasteiger partial charge in [0.2, 0.25) is 0 Å². The molecule has 0 spiro atoms. The Bertz CT molecular complexity index is 532. The molecule has 152 valence electrons. The molecule has 0 bridgehead atoms. The maximum atomic E-state index is 10.6. The second-order valence-corrected chi connectivity index (χ2v) is 8.74. The van der Waals surface area contributed by atoms with Gasteiger partial charge in [-0.3, -0.25) is 9.13 Å². The van der Waals surface area contributed by atoms with Gasteiger partial charge in [-0.05, 0) is 6.54 Å². The molecule has 0 aromatic heterocycles. The first kappa shape index (κ1) is 28.9. The fourth-order valence-electron chi connectivity index (χ4n) is 0.760. The van der Waals surface area contributed by atoms with Crippen molar-refractivity contribution in [2.45, 2.75) is 11.5 Å². The van der Waals surface area contributed by atoms with E-state index in [0.29, 0.717) is 0 Å². The molecule has 3 amide bonds. The molecule has 0 aliphatic carbocycles. The minimum absolute atomic E-state index is 0.452. The van der Waals surface area contributed by atoms with Gasteiger partial charge in [0.15, 0.2) is 0 Å². The summed E-state index contributed by atoms with van der Waals surface area (Å²) in [5.41, 5.74) is 9.22. The maximum Gasteiger partial charge on any atom is 0.466 e. The van der Waals surface area contributed by atoms with E-state index >= 15 is 0 Å². The summed E-state index contributed by atoms with van der Waals surface area (Å²) in [5, 5.41) is 14.7. The molecule has 0 rings (SSSR count). The Kier molecular flexibility index (Phi) is 12.6. The number of nitrogens with one attached hydrogen (secondary N) is 1. The second-order valence-electron chi connectivity index (χ2n) is 3.71. The first-order valence-corrected chi connectivity index (χ1v) is 10.1. The van der Waals surface area contributed by atoms with Crippen LogP contribution in [0.4, 0.5) is 9.59 Å². The van der Waals surface area contributed by atoms with Gasteiger partial charge in [-0.1, -0.05) is 0 Å². The monoisotopic (exact) mass is 437 g/mol. The number of phosphoric acid groups is 1. The number of urea groups is 1. The lowest BCUT2D eigenvalue weighted by atomic mass is 10.5. The molecule has 17 nitrogen and oxygen atoms in total. The SMILES string of the molecule is NC(=O)NC(=O)O.NCCC(O)(P(=O)(O)O)P(=O)(O)O.O=P(O)(O)O. The standard InChI is InChI=1S/C3H11NO7P2.C2H4N2O3.H3O4P/c4-2-1-3(5,12(6,7)8)13(9,10)11;3-1(5)4-2(6)7;1-5(2,3)4/h5H,1-2,4H2,(H2,6,7,8)(H2,9,10,11);(H,6,7)(H3,3,4,5);(H3,1,2,3,4). The summed E-state index contributed by atoms with van der Waals surface area (Å²) < 4.78 is 30.1. The lowest BCUT2D eigenvalue weighted by Crippen LogP contribution is -2.33. The molecule has 0 aliphatic rings.